The van der Waals surface area contributed by atoms with Crippen LogP contribution in [0, 0.1) is 5.92 Å². The Morgan fingerprint density at radius 2 is 2.00 bits per heavy atom. The molecule has 0 spiro atoms. The summed E-state index contributed by atoms with van der Waals surface area (Å²) in [7, 11) is 3.69. The van der Waals surface area contributed by atoms with Crippen molar-refractivity contribution in [2.75, 3.05) is 14.1 Å². The molecule has 0 fully saturated rings. The van der Waals surface area contributed by atoms with Crippen molar-refractivity contribution in [3.05, 3.63) is 23.4 Å². The van der Waals surface area contributed by atoms with Crippen molar-refractivity contribution in [3.8, 4) is 0 Å². The van der Waals surface area contributed by atoms with Crippen LogP contribution in [0.3, 0.4) is 0 Å². The number of nitrogens with zero attached hydrogens (tertiary/aromatic N) is 2. The molecule has 0 saturated heterocycles. The number of allylic oxidation sites excluding steroid dienone is 3. The number of nitrogens with two attached hydrogens (primary N) is 1. The first-order chi connectivity index (χ1) is 7.04. The molecule has 3 heteroatoms. The highest BCUT2D eigenvalue weighted by Gasteiger charge is 2.11. The van der Waals surface area contributed by atoms with Gasteiger partial charge in [0.25, 0.3) is 0 Å². The number of hydrogen-bond acceptors (Lipinski definition) is 3. The second-order valence-electron chi connectivity index (χ2n) is 4.27. The largest absolute Gasteiger partial charge is 0.314 e. The second-order valence-corrected chi connectivity index (χ2v) is 4.27. The van der Waals surface area contributed by atoms with Gasteiger partial charge in [0.15, 0.2) is 0 Å². The lowest BCUT2D eigenvalue weighted by Crippen LogP contribution is -2.24. The first-order valence-corrected chi connectivity index (χ1v) is 5.41. The third kappa shape index (κ3) is 3.20. The van der Waals surface area contributed by atoms with Crippen molar-refractivity contribution < 1.29 is 0 Å². The van der Waals surface area contributed by atoms with Gasteiger partial charge in [0.1, 0.15) is 0 Å². The van der Waals surface area contributed by atoms with Crippen molar-refractivity contribution in [2.24, 2.45) is 16.8 Å². The fourth-order valence-corrected chi connectivity index (χ4v) is 1.65. The fourth-order valence-electron chi connectivity index (χ4n) is 1.65. The molecule has 0 bridgehead atoms. The molecule has 0 aromatic rings. The van der Waals surface area contributed by atoms with Gasteiger partial charge in [-0.05, 0) is 30.9 Å². The smallest absolute Gasteiger partial charge is 0.0531 e. The summed E-state index contributed by atoms with van der Waals surface area (Å²) in [6.45, 7) is 4.43. The minimum absolute atomic E-state index is 0.574. The molecule has 0 atom stereocenters. The quantitative estimate of drug-likeness (QED) is 0.556. The Hall–Kier alpha value is -1.09. The van der Waals surface area contributed by atoms with Crippen molar-refractivity contribution in [1.82, 2.24) is 5.01 Å². The zero-order valence-corrected chi connectivity index (χ0v) is 10.1. The topological polar surface area (TPSA) is 41.6 Å². The summed E-state index contributed by atoms with van der Waals surface area (Å²) < 4.78 is 0. The van der Waals surface area contributed by atoms with Gasteiger partial charge in [0.05, 0.1) is 5.70 Å². The molecule has 84 valence electrons. The fraction of sp³-hybridized carbons (Fsp3) is 0.583. The standard InChI is InChI=1S/C12H21N3/c1-9(2)10-5-6-11(14-3)8-12(7-10)15(4)13/h7-9H,5-6,13H2,1-4H3. The highest BCUT2D eigenvalue weighted by molar-refractivity contribution is 5.96. The summed E-state index contributed by atoms with van der Waals surface area (Å²) in [6.07, 6.45) is 6.34. The first-order valence-electron chi connectivity index (χ1n) is 5.41. The molecular weight excluding hydrogens is 186 g/mol. The molecule has 0 radical (unpaired) electrons. The third-order valence-corrected chi connectivity index (χ3v) is 2.75. The lowest BCUT2D eigenvalue weighted by Gasteiger charge is -2.15. The van der Waals surface area contributed by atoms with Crippen molar-refractivity contribution >= 4 is 5.71 Å². The summed E-state index contributed by atoms with van der Waals surface area (Å²) in [5, 5.41) is 1.65. The van der Waals surface area contributed by atoms with Gasteiger partial charge >= 0.3 is 0 Å². The average Bonchev–Trinajstić information content (AvgIpc) is 2.39. The molecular formula is C12H21N3. The van der Waals surface area contributed by atoms with Gasteiger partial charge in [0.2, 0.25) is 0 Å². The van der Waals surface area contributed by atoms with Gasteiger partial charge < -0.3 is 5.01 Å². The van der Waals surface area contributed by atoms with Crippen LogP contribution in [0.25, 0.3) is 0 Å². The normalized spacial score (nSPS) is 20.0. The predicted molar refractivity (Wildman–Crippen MR) is 65.5 cm³/mol. The number of rotatable bonds is 2. The van der Waals surface area contributed by atoms with Crippen LogP contribution in [-0.2, 0) is 0 Å². The Morgan fingerprint density at radius 3 is 2.47 bits per heavy atom. The highest BCUT2D eigenvalue weighted by Crippen LogP contribution is 2.22. The second kappa shape index (κ2) is 5.12. The van der Waals surface area contributed by atoms with Crippen molar-refractivity contribution in [2.45, 2.75) is 26.7 Å². The molecule has 0 amide bonds. The molecule has 0 saturated carbocycles. The molecule has 15 heavy (non-hydrogen) atoms. The van der Waals surface area contributed by atoms with Gasteiger partial charge in [-0.25, -0.2) is 5.84 Å². The predicted octanol–water partition coefficient (Wildman–Crippen LogP) is 2.12. The van der Waals surface area contributed by atoms with Crippen LogP contribution < -0.4 is 5.84 Å². The van der Waals surface area contributed by atoms with Crippen LogP contribution in [0.1, 0.15) is 26.7 Å². The minimum Gasteiger partial charge on any atom is -0.314 e. The molecule has 0 aromatic heterocycles. The Kier molecular flexibility index (Phi) is 4.09. The Balaban J connectivity index is 3.00. The van der Waals surface area contributed by atoms with Crippen molar-refractivity contribution in [3.63, 3.8) is 0 Å². The highest BCUT2D eigenvalue weighted by atomic mass is 15.4. The van der Waals surface area contributed by atoms with E-state index in [1.54, 1.807) is 5.01 Å². The Labute approximate surface area is 92.3 Å². The van der Waals surface area contributed by atoms with Crippen LogP contribution in [0.2, 0.25) is 0 Å². The van der Waals surface area contributed by atoms with Crippen molar-refractivity contribution in [1.29, 1.82) is 0 Å². The van der Waals surface area contributed by atoms with Gasteiger partial charge in [-0.15, -0.1) is 0 Å². The number of aliphatic imine (C=N–C) groups is 1. The monoisotopic (exact) mass is 207 g/mol. The van der Waals surface area contributed by atoms with Crippen LogP contribution in [-0.4, -0.2) is 24.8 Å². The third-order valence-electron chi connectivity index (χ3n) is 2.75. The maximum absolute atomic E-state index is 5.78. The average molecular weight is 207 g/mol. The molecule has 1 rings (SSSR count). The van der Waals surface area contributed by atoms with E-state index in [2.05, 4.69) is 31.0 Å². The maximum Gasteiger partial charge on any atom is 0.0531 e. The lowest BCUT2D eigenvalue weighted by atomic mass is 9.98. The van der Waals surface area contributed by atoms with E-state index in [4.69, 9.17) is 5.84 Å². The summed E-state index contributed by atoms with van der Waals surface area (Å²) in [4.78, 5) is 4.26. The first kappa shape index (κ1) is 12.0. The van der Waals surface area contributed by atoms with E-state index >= 15 is 0 Å². The van der Waals surface area contributed by atoms with Gasteiger partial charge in [-0.3, -0.25) is 4.99 Å². The minimum atomic E-state index is 0.574. The molecule has 2 N–H and O–H groups in total. The van der Waals surface area contributed by atoms with E-state index in [0.29, 0.717) is 5.92 Å². The SMILES string of the molecule is CN=C1C=C(N(C)N)C=C(C(C)C)CC1. The number of likely N-dealkylation sites (N-methyl/N-ethyl adjacent to an activating group) is 1. The van der Waals surface area contributed by atoms with E-state index in [-0.39, 0.29) is 0 Å². The van der Waals surface area contributed by atoms with Crippen LogP contribution >= 0.6 is 0 Å². The van der Waals surface area contributed by atoms with Crippen LogP contribution in [0.5, 0.6) is 0 Å². The van der Waals surface area contributed by atoms with E-state index < -0.39 is 0 Å². The van der Waals surface area contributed by atoms with Crippen LogP contribution in [0.4, 0.5) is 0 Å². The van der Waals surface area contributed by atoms with E-state index in [1.807, 2.05) is 14.1 Å². The van der Waals surface area contributed by atoms with Gasteiger partial charge in [0, 0.05) is 19.8 Å². The number of hydrazine groups is 1. The number of hydrogen-bond donors (Lipinski definition) is 1. The zero-order chi connectivity index (χ0) is 11.4. The molecule has 1 aliphatic rings. The van der Waals surface area contributed by atoms with Crippen LogP contribution in [0.15, 0.2) is 28.4 Å². The molecule has 0 aliphatic heterocycles. The van der Waals surface area contributed by atoms with Gasteiger partial charge in [-0.1, -0.05) is 19.4 Å². The van der Waals surface area contributed by atoms with E-state index in [0.717, 1.165) is 24.3 Å². The molecule has 3 nitrogen and oxygen atoms in total. The zero-order valence-electron chi connectivity index (χ0n) is 10.1. The molecule has 0 unspecified atom stereocenters. The Morgan fingerprint density at radius 1 is 1.33 bits per heavy atom. The Bertz CT molecular complexity index is 309. The summed E-state index contributed by atoms with van der Waals surface area (Å²) in [6, 6.07) is 0. The molecule has 0 heterocycles. The van der Waals surface area contributed by atoms with E-state index in [9.17, 15) is 0 Å². The maximum atomic E-state index is 5.78. The van der Waals surface area contributed by atoms with Gasteiger partial charge in [-0.2, -0.15) is 0 Å². The summed E-state index contributed by atoms with van der Waals surface area (Å²) >= 11 is 0. The summed E-state index contributed by atoms with van der Waals surface area (Å²) in [5.74, 6) is 6.36. The van der Waals surface area contributed by atoms with E-state index in [1.165, 1.54) is 5.57 Å². The molecule has 0 aromatic carbocycles. The molecule has 1 aliphatic carbocycles. The lowest BCUT2D eigenvalue weighted by molar-refractivity contribution is 0.455. The summed E-state index contributed by atoms with van der Waals surface area (Å²) in [5.41, 5.74) is 3.60.